The van der Waals surface area contributed by atoms with Crippen LogP contribution in [0.5, 0.6) is 0 Å². The molecule has 0 unspecified atom stereocenters. The number of ether oxygens (including phenoxy) is 3. The maximum Gasteiger partial charge on any atom is 0.303 e. The first-order valence-electron chi connectivity index (χ1n) is 5.51. The number of carbonyl (C=O) groups is 2. The molecule has 1 aliphatic rings. The highest BCUT2D eigenvalue weighted by Gasteiger charge is 2.45. The molecule has 6 nitrogen and oxygen atoms in total. The fourth-order valence-corrected chi connectivity index (χ4v) is 1.83. The van der Waals surface area contributed by atoms with E-state index in [0.29, 0.717) is 0 Å². The summed E-state index contributed by atoms with van der Waals surface area (Å²) in [5, 5.41) is 9.70. The average Bonchev–Trinajstić information content (AvgIpc) is 2.19. The summed E-state index contributed by atoms with van der Waals surface area (Å²) in [7, 11) is 0. The van der Waals surface area contributed by atoms with E-state index in [4.69, 9.17) is 14.2 Å². The minimum absolute atomic E-state index is 0.174. The van der Waals surface area contributed by atoms with Crippen molar-refractivity contribution in [2.75, 3.05) is 0 Å². The summed E-state index contributed by atoms with van der Waals surface area (Å²) in [6.07, 6.45) is -3.26. The number of aliphatic hydroxyl groups excluding tert-OH is 1. The van der Waals surface area contributed by atoms with E-state index in [1.165, 1.54) is 13.8 Å². The van der Waals surface area contributed by atoms with Gasteiger partial charge in [-0.1, -0.05) is 6.92 Å². The molecule has 98 valence electrons. The molecule has 0 aliphatic carbocycles. The van der Waals surface area contributed by atoms with E-state index in [9.17, 15) is 14.7 Å². The number of aliphatic hydroxyl groups is 1. The van der Waals surface area contributed by atoms with Gasteiger partial charge in [-0.3, -0.25) is 9.59 Å². The topological polar surface area (TPSA) is 82.1 Å². The Morgan fingerprint density at radius 2 is 1.53 bits per heavy atom. The number of carbonyl (C=O) groups excluding carboxylic acids is 2. The number of rotatable bonds is 2. The highest BCUT2D eigenvalue weighted by molar-refractivity contribution is 5.67. The van der Waals surface area contributed by atoms with Crippen LogP contribution in [-0.2, 0) is 23.8 Å². The molecular weight excluding hydrogens is 228 g/mol. The summed E-state index contributed by atoms with van der Waals surface area (Å²) in [5.41, 5.74) is 0. The summed E-state index contributed by atoms with van der Waals surface area (Å²) in [4.78, 5) is 22.0. The molecule has 0 aromatic rings. The lowest BCUT2D eigenvalue weighted by atomic mass is 9.91. The van der Waals surface area contributed by atoms with Gasteiger partial charge in [0.05, 0.1) is 6.10 Å². The van der Waals surface area contributed by atoms with Crippen molar-refractivity contribution in [1.82, 2.24) is 0 Å². The highest BCUT2D eigenvalue weighted by atomic mass is 16.7. The summed E-state index contributed by atoms with van der Waals surface area (Å²) >= 11 is 0. The first-order valence-corrected chi connectivity index (χ1v) is 5.51. The van der Waals surface area contributed by atoms with Crippen LogP contribution in [0.4, 0.5) is 0 Å². The monoisotopic (exact) mass is 246 g/mol. The molecule has 1 fully saturated rings. The minimum Gasteiger partial charge on any atom is -0.458 e. The molecule has 0 bridgehead atoms. The van der Waals surface area contributed by atoms with Gasteiger partial charge in [-0.25, -0.2) is 0 Å². The van der Waals surface area contributed by atoms with Crippen molar-refractivity contribution in [1.29, 1.82) is 0 Å². The Kier molecular flexibility index (Phi) is 4.47. The molecule has 0 spiro atoms. The Labute approximate surface area is 99.8 Å². The molecule has 1 N–H and O–H groups in total. The van der Waals surface area contributed by atoms with Gasteiger partial charge in [0.15, 0.2) is 12.4 Å². The lowest BCUT2D eigenvalue weighted by molar-refractivity contribution is -0.271. The second-order valence-corrected chi connectivity index (χ2v) is 4.24. The highest BCUT2D eigenvalue weighted by Crippen LogP contribution is 2.29. The molecule has 5 atom stereocenters. The van der Waals surface area contributed by atoms with E-state index in [1.807, 2.05) is 0 Å². The Balaban J connectivity index is 2.86. The van der Waals surface area contributed by atoms with Crippen molar-refractivity contribution in [2.24, 2.45) is 5.92 Å². The predicted molar refractivity (Wildman–Crippen MR) is 56.8 cm³/mol. The predicted octanol–water partition coefficient (Wildman–Crippen LogP) is 0.223. The first kappa shape index (κ1) is 13.9. The van der Waals surface area contributed by atoms with Gasteiger partial charge in [-0.2, -0.15) is 0 Å². The van der Waals surface area contributed by atoms with Crippen LogP contribution >= 0.6 is 0 Å². The average molecular weight is 246 g/mol. The summed E-state index contributed by atoms with van der Waals surface area (Å²) < 4.78 is 15.3. The van der Waals surface area contributed by atoms with Gasteiger partial charge in [0.1, 0.15) is 6.10 Å². The molecule has 0 radical (unpaired) electrons. The zero-order valence-corrected chi connectivity index (χ0v) is 10.4. The fraction of sp³-hybridized carbons (Fsp3) is 0.818. The van der Waals surface area contributed by atoms with Crippen LogP contribution in [0.15, 0.2) is 0 Å². The molecule has 0 aromatic heterocycles. The van der Waals surface area contributed by atoms with E-state index in [-0.39, 0.29) is 12.0 Å². The van der Waals surface area contributed by atoms with Crippen molar-refractivity contribution in [2.45, 2.75) is 52.3 Å². The molecule has 17 heavy (non-hydrogen) atoms. The van der Waals surface area contributed by atoms with Gasteiger partial charge >= 0.3 is 11.9 Å². The van der Waals surface area contributed by atoms with Gasteiger partial charge < -0.3 is 19.3 Å². The molecule has 1 heterocycles. The van der Waals surface area contributed by atoms with Crippen molar-refractivity contribution >= 4 is 11.9 Å². The second-order valence-electron chi connectivity index (χ2n) is 4.24. The van der Waals surface area contributed by atoms with Crippen LogP contribution in [0.3, 0.4) is 0 Å². The Hall–Kier alpha value is -1.14. The minimum atomic E-state index is -1.28. The molecule has 1 aliphatic heterocycles. The molecule has 0 saturated carbocycles. The van der Waals surface area contributed by atoms with Crippen LogP contribution in [0, 0.1) is 5.92 Å². The normalized spacial score (nSPS) is 37.4. The lowest BCUT2D eigenvalue weighted by Crippen LogP contribution is -2.55. The maximum atomic E-state index is 11.0. The number of hydrogen-bond acceptors (Lipinski definition) is 6. The summed E-state index contributed by atoms with van der Waals surface area (Å²) in [6, 6.07) is 0. The molecule has 6 heteroatoms. The Bertz CT molecular complexity index is 302. The zero-order chi connectivity index (χ0) is 13.2. The Morgan fingerprint density at radius 1 is 1.06 bits per heavy atom. The third kappa shape index (κ3) is 3.41. The molecule has 0 aromatic carbocycles. The molecular formula is C11H18O6. The Morgan fingerprint density at radius 3 is 2.00 bits per heavy atom. The smallest absolute Gasteiger partial charge is 0.303 e. The van der Waals surface area contributed by atoms with Crippen LogP contribution in [-0.4, -0.2) is 41.6 Å². The van der Waals surface area contributed by atoms with Crippen molar-refractivity contribution < 1.29 is 28.9 Å². The first-order chi connectivity index (χ1) is 7.82. The van der Waals surface area contributed by atoms with E-state index in [0.717, 1.165) is 0 Å². The largest absolute Gasteiger partial charge is 0.458 e. The van der Waals surface area contributed by atoms with Gasteiger partial charge in [0, 0.05) is 19.8 Å². The van der Waals surface area contributed by atoms with Crippen LogP contribution in [0.2, 0.25) is 0 Å². The number of hydrogen-bond donors (Lipinski definition) is 1. The second kappa shape index (κ2) is 5.46. The van der Waals surface area contributed by atoms with Gasteiger partial charge in [-0.05, 0) is 6.92 Å². The quantitative estimate of drug-likeness (QED) is 0.702. The zero-order valence-electron chi connectivity index (χ0n) is 10.4. The van der Waals surface area contributed by atoms with Crippen molar-refractivity contribution in [3.63, 3.8) is 0 Å². The van der Waals surface area contributed by atoms with E-state index < -0.39 is 30.4 Å². The lowest BCUT2D eigenvalue weighted by Gasteiger charge is -2.41. The van der Waals surface area contributed by atoms with Gasteiger partial charge in [-0.15, -0.1) is 0 Å². The molecule has 1 saturated heterocycles. The van der Waals surface area contributed by atoms with Crippen LogP contribution < -0.4 is 0 Å². The standard InChI is InChI=1S/C11H18O6/c1-5-6(2)15-11(14)10(17-8(4)13)9(5)16-7(3)12/h5-6,9-11,14H,1-4H3/t5-,6+,9-,10+,11-/m1/s1. The van der Waals surface area contributed by atoms with Crippen LogP contribution in [0.1, 0.15) is 27.7 Å². The van der Waals surface area contributed by atoms with E-state index >= 15 is 0 Å². The van der Waals surface area contributed by atoms with Crippen molar-refractivity contribution in [3.05, 3.63) is 0 Å². The fourth-order valence-electron chi connectivity index (χ4n) is 1.83. The third-order valence-electron chi connectivity index (χ3n) is 2.82. The summed E-state index contributed by atoms with van der Waals surface area (Å²) in [5.74, 6) is -1.22. The molecule has 1 rings (SSSR count). The summed E-state index contributed by atoms with van der Waals surface area (Å²) in [6.45, 7) is 6.05. The van der Waals surface area contributed by atoms with Crippen molar-refractivity contribution in [3.8, 4) is 0 Å². The van der Waals surface area contributed by atoms with E-state index in [2.05, 4.69) is 0 Å². The van der Waals surface area contributed by atoms with Gasteiger partial charge in [0.25, 0.3) is 0 Å². The SMILES string of the molecule is CC(=O)O[C@@H]1[C@H](C)[C@H](C)O[C@@H](O)[C@H]1OC(C)=O. The maximum absolute atomic E-state index is 11.0. The van der Waals surface area contributed by atoms with Gasteiger partial charge in [0.2, 0.25) is 0 Å². The van der Waals surface area contributed by atoms with E-state index in [1.54, 1.807) is 13.8 Å². The number of esters is 2. The molecule has 0 amide bonds. The third-order valence-corrected chi connectivity index (χ3v) is 2.82. The van der Waals surface area contributed by atoms with Crippen LogP contribution in [0.25, 0.3) is 0 Å².